The Morgan fingerprint density at radius 1 is 0.301 bits per heavy atom. The summed E-state index contributed by atoms with van der Waals surface area (Å²) in [6, 6.07) is 104. The average Bonchev–Trinajstić information content (AvgIpc) is 3.47. The summed E-state index contributed by atoms with van der Waals surface area (Å²) in [7, 11) is -2.63. The van der Waals surface area contributed by atoms with Crippen LogP contribution in [0.15, 0.2) is 273 Å². The Bertz CT molecular complexity index is 3380. The Hall–Kier alpha value is -7.78. The van der Waals surface area contributed by atoms with Crippen molar-refractivity contribution in [2.45, 2.75) is 42.9 Å². The van der Waals surface area contributed by atoms with Gasteiger partial charge in [0.05, 0.1) is 5.41 Å². The molecular formula is C71H59NSi. The zero-order chi connectivity index (χ0) is 48.4. The van der Waals surface area contributed by atoms with Gasteiger partial charge in [-0.05, 0) is 157 Å². The van der Waals surface area contributed by atoms with E-state index in [1.54, 1.807) is 11.1 Å². The van der Waals surface area contributed by atoms with Crippen LogP contribution in [-0.2, 0) is 10.8 Å². The Morgan fingerprint density at radius 3 is 1.16 bits per heavy atom. The molecule has 0 amide bonds. The first-order valence-electron chi connectivity index (χ1n) is 26.8. The van der Waals surface area contributed by atoms with Crippen molar-refractivity contribution in [1.29, 1.82) is 0 Å². The number of fused-ring (bicyclic) bond motifs is 2. The summed E-state index contributed by atoms with van der Waals surface area (Å²) in [4.78, 5) is 2.50. The minimum absolute atomic E-state index is 0.0227. The summed E-state index contributed by atoms with van der Waals surface area (Å²) >= 11 is 0. The van der Waals surface area contributed by atoms with E-state index in [9.17, 15) is 0 Å². The van der Waals surface area contributed by atoms with Crippen LogP contribution in [0, 0.1) is 23.7 Å². The van der Waals surface area contributed by atoms with Gasteiger partial charge in [0.1, 0.15) is 0 Å². The molecule has 0 aromatic heterocycles. The Morgan fingerprint density at radius 2 is 0.671 bits per heavy atom. The van der Waals surface area contributed by atoms with Gasteiger partial charge in [-0.2, -0.15) is 0 Å². The van der Waals surface area contributed by atoms with E-state index < -0.39 is 13.5 Å². The van der Waals surface area contributed by atoms with Crippen molar-refractivity contribution in [3.05, 3.63) is 306 Å². The van der Waals surface area contributed by atoms with Gasteiger partial charge in [0.2, 0.25) is 0 Å². The maximum Gasteiger partial charge on any atom is 0.179 e. The topological polar surface area (TPSA) is 3.24 Å². The van der Waals surface area contributed by atoms with Crippen molar-refractivity contribution in [2.75, 3.05) is 4.90 Å². The third-order valence-electron chi connectivity index (χ3n) is 18.1. The largest absolute Gasteiger partial charge is 0.310 e. The molecular weight excluding hydrogens is 895 g/mol. The van der Waals surface area contributed by atoms with Crippen LogP contribution in [0.2, 0.25) is 0 Å². The first-order chi connectivity index (χ1) is 36.2. The molecule has 0 radical (unpaired) electrons. The molecule has 15 rings (SSSR count). The van der Waals surface area contributed by atoms with Crippen LogP contribution in [0.5, 0.6) is 0 Å². The third kappa shape index (κ3) is 6.73. The van der Waals surface area contributed by atoms with Crippen molar-refractivity contribution < 1.29 is 0 Å². The van der Waals surface area contributed by atoms with E-state index in [-0.39, 0.29) is 5.41 Å². The number of nitrogens with zero attached hydrogens (tertiary/aromatic N) is 1. The van der Waals surface area contributed by atoms with Gasteiger partial charge in [-0.15, -0.1) is 0 Å². The third-order valence-corrected chi connectivity index (χ3v) is 22.9. The fourth-order valence-corrected chi connectivity index (χ4v) is 20.3. The van der Waals surface area contributed by atoms with Gasteiger partial charge in [-0.25, -0.2) is 0 Å². The molecule has 5 aliphatic carbocycles. The summed E-state index contributed by atoms with van der Waals surface area (Å²) in [5, 5.41) is 5.53. The average molecular weight is 954 g/mol. The van der Waals surface area contributed by atoms with Gasteiger partial charge in [-0.3, -0.25) is 0 Å². The first kappa shape index (κ1) is 44.0. The smallest absolute Gasteiger partial charge is 0.179 e. The zero-order valence-electron chi connectivity index (χ0n) is 41.3. The van der Waals surface area contributed by atoms with Crippen molar-refractivity contribution in [3.63, 3.8) is 0 Å². The maximum absolute atomic E-state index is 2.63. The van der Waals surface area contributed by atoms with E-state index in [2.05, 4.69) is 278 Å². The van der Waals surface area contributed by atoms with Crippen LogP contribution in [0.3, 0.4) is 0 Å². The Balaban J connectivity index is 0.921. The van der Waals surface area contributed by atoms with E-state index >= 15 is 0 Å². The Kier molecular flexibility index (Phi) is 10.7. The molecule has 73 heavy (non-hydrogen) atoms. The highest BCUT2D eigenvalue weighted by atomic mass is 28.3. The highest BCUT2D eigenvalue weighted by Crippen LogP contribution is 2.70. The predicted molar refractivity (Wildman–Crippen MR) is 306 cm³/mol. The fraction of sp³-hybridized carbons (Fsp3) is 0.155. The lowest BCUT2D eigenvalue weighted by molar-refractivity contribution is -0.0440. The molecule has 0 atom stereocenters. The van der Waals surface area contributed by atoms with Crippen molar-refractivity contribution >= 4 is 45.9 Å². The van der Waals surface area contributed by atoms with Crippen molar-refractivity contribution in [3.8, 4) is 11.1 Å². The zero-order valence-corrected chi connectivity index (χ0v) is 42.3. The van der Waals surface area contributed by atoms with Crippen molar-refractivity contribution in [2.24, 2.45) is 23.7 Å². The molecule has 10 aromatic rings. The molecule has 352 valence electrons. The van der Waals surface area contributed by atoms with Gasteiger partial charge >= 0.3 is 0 Å². The van der Waals surface area contributed by atoms with E-state index in [0.29, 0.717) is 11.8 Å². The van der Waals surface area contributed by atoms with Crippen LogP contribution in [-0.4, -0.2) is 8.07 Å². The molecule has 4 saturated carbocycles. The van der Waals surface area contributed by atoms with Gasteiger partial charge in [-0.1, -0.05) is 237 Å². The highest BCUT2D eigenvalue weighted by molar-refractivity contribution is 7.19. The van der Waals surface area contributed by atoms with Crippen LogP contribution in [0.4, 0.5) is 17.1 Å². The molecule has 0 heterocycles. The molecule has 0 unspecified atom stereocenters. The van der Waals surface area contributed by atoms with Crippen molar-refractivity contribution in [1.82, 2.24) is 0 Å². The van der Waals surface area contributed by atoms with E-state index in [1.807, 2.05) is 0 Å². The quantitative estimate of drug-likeness (QED) is 0.0975. The van der Waals surface area contributed by atoms with Crippen LogP contribution < -0.4 is 25.6 Å². The van der Waals surface area contributed by atoms with Crippen LogP contribution in [0.25, 0.3) is 11.1 Å². The molecule has 4 bridgehead atoms. The van der Waals surface area contributed by atoms with Gasteiger partial charge in [0, 0.05) is 22.5 Å². The van der Waals surface area contributed by atoms with E-state index in [0.717, 1.165) is 23.2 Å². The number of hydrogen-bond donors (Lipinski definition) is 0. The minimum Gasteiger partial charge on any atom is -0.310 e. The van der Waals surface area contributed by atoms with Crippen LogP contribution >= 0.6 is 0 Å². The minimum atomic E-state index is -2.63. The summed E-state index contributed by atoms with van der Waals surface area (Å²) in [5.41, 5.74) is 14.0. The fourth-order valence-electron chi connectivity index (χ4n) is 15.6. The molecule has 10 aromatic carbocycles. The number of rotatable bonds is 10. The normalized spacial score (nSPS) is 21.0. The molecule has 0 saturated heterocycles. The van der Waals surface area contributed by atoms with E-state index in [4.69, 9.17) is 0 Å². The van der Waals surface area contributed by atoms with Gasteiger partial charge in [0.15, 0.2) is 8.07 Å². The second-order valence-corrected chi connectivity index (χ2v) is 25.4. The monoisotopic (exact) mass is 953 g/mol. The molecule has 1 nitrogen and oxygen atoms in total. The lowest BCUT2D eigenvalue weighted by Gasteiger charge is -2.65. The maximum atomic E-state index is 2.63. The molecule has 2 heteroatoms. The second-order valence-electron chi connectivity index (χ2n) is 21.6. The number of para-hydroxylation sites is 1. The molecule has 1 spiro atoms. The lowest BCUT2D eigenvalue weighted by atomic mass is 9.38. The molecule has 0 aliphatic heterocycles. The first-order valence-corrected chi connectivity index (χ1v) is 28.8. The number of hydrogen-bond acceptors (Lipinski definition) is 1. The predicted octanol–water partition coefficient (Wildman–Crippen LogP) is 14.6. The highest BCUT2D eigenvalue weighted by Gasteiger charge is 2.63. The SMILES string of the molecule is c1ccc(N(c2ccc(-c3ccc([Si](c4ccccc4)(c4ccccc4)c4ccccc4)cc3)cc2)c2ccc3c(c2)C(c2ccccc2)(c2ccccc2)c2ccccc2C32C3CC4CC(C3)CC2C4)cc1. The van der Waals surface area contributed by atoms with Crippen LogP contribution in [0.1, 0.15) is 65.5 Å². The molecule has 0 N–H and O–H groups in total. The van der Waals surface area contributed by atoms with Gasteiger partial charge in [0.25, 0.3) is 0 Å². The lowest BCUT2D eigenvalue weighted by Crippen LogP contribution is -2.74. The second kappa shape index (κ2) is 17.8. The summed E-state index contributed by atoms with van der Waals surface area (Å²) in [6.07, 6.45) is 6.80. The Labute approximate surface area is 432 Å². The number of anilines is 3. The standard InChI is InChI=1S/C71H59NSi/c1-7-21-55(22-8-1)70(56-23-9-2-10-24-56)66-33-19-20-34-67(66)71(57-46-51-45-52(48-57)49-58(71)47-51)68-44-41-61(50-69(68)70)72(59-25-11-3-12-26-59)60-39-35-53(36-40-60)54-37-42-65(43-38-54)73(62-27-13-4-14-28-62,63-29-15-5-16-30-63)64-31-17-6-18-32-64/h1-44,50-52,57-58H,45-49H2. The summed E-state index contributed by atoms with van der Waals surface area (Å²) < 4.78 is 0. The molecule has 5 aliphatic rings. The summed E-state index contributed by atoms with van der Waals surface area (Å²) in [5.74, 6) is 3.00. The van der Waals surface area contributed by atoms with Gasteiger partial charge < -0.3 is 4.90 Å². The van der Waals surface area contributed by atoms with E-state index in [1.165, 1.54) is 91.9 Å². The summed E-state index contributed by atoms with van der Waals surface area (Å²) in [6.45, 7) is 0. The number of benzene rings is 10. The molecule has 4 fully saturated rings.